The number of rotatable bonds is 2. The highest BCUT2D eigenvalue weighted by atomic mass is 32.1. The lowest BCUT2D eigenvalue weighted by Crippen LogP contribution is -1.72. The van der Waals surface area contributed by atoms with Crippen LogP contribution < -0.4 is 0 Å². The topological polar surface area (TPSA) is 62.0 Å². The minimum absolute atomic E-state index is 0.530. The monoisotopic (exact) mass is 154 g/mol. The highest BCUT2D eigenvalue weighted by molar-refractivity contribution is 7.07. The van der Waals surface area contributed by atoms with Crippen LogP contribution in [0.3, 0.4) is 0 Å². The van der Waals surface area contributed by atoms with Crippen LogP contribution in [-0.4, -0.2) is 22.0 Å². The predicted molar refractivity (Wildman–Crippen MR) is 41.6 cm³/mol. The Morgan fingerprint density at radius 2 is 2.50 bits per heavy atom. The van der Waals surface area contributed by atoms with Gasteiger partial charge in [0.25, 0.3) is 0 Å². The van der Waals surface area contributed by atoms with Gasteiger partial charge in [0.2, 0.25) is 0 Å². The fourth-order valence-electron chi connectivity index (χ4n) is 0.496. The average molecular weight is 154 g/mol. The van der Waals surface area contributed by atoms with Crippen LogP contribution in [0.2, 0.25) is 0 Å². The molecule has 1 N–H and O–H groups in total. The molecule has 0 saturated carbocycles. The van der Waals surface area contributed by atoms with Crippen molar-refractivity contribution in [1.29, 1.82) is 5.41 Å². The Hall–Kier alpha value is -1.10. The van der Waals surface area contributed by atoms with Gasteiger partial charge < -0.3 is 5.41 Å². The van der Waals surface area contributed by atoms with Crippen molar-refractivity contribution in [2.24, 2.45) is 4.99 Å². The highest BCUT2D eigenvalue weighted by Crippen LogP contribution is 2.15. The summed E-state index contributed by atoms with van der Waals surface area (Å²) in [4.78, 5) is 4.59. The Balaban J connectivity index is 3.00. The molecule has 0 unspecified atom stereocenters. The van der Waals surface area contributed by atoms with Crippen LogP contribution in [0.1, 0.15) is 11.8 Å². The van der Waals surface area contributed by atoms with Gasteiger partial charge in [0.15, 0.2) is 5.82 Å². The minimum atomic E-state index is 0.530. The summed E-state index contributed by atoms with van der Waals surface area (Å²) < 4.78 is 3.64. The summed E-state index contributed by atoms with van der Waals surface area (Å²) >= 11 is 1.17. The van der Waals surface area contributed by atoms with Gasteiger partial charge in [0.1, 0.15) is 4.88 Å². The maximum Gasteiger partial charge on any atom is 0.195 e. The number of nitrogens with zero attached hydrogens (tertiary/aromatic N) is 3. The first-order valence-electron chi connectivity index (χ1n) is 2.70. The molecule has 52 valence electrons. The summed E-state index contributed by atoms with van der Waals surface area (Å²) in [6.45, 7) is 1.80. The van der Waals surface area contributed by atoms with Crippen molar-refractivity contribution in [2.75, 3.05) is 0 Å². The lowest BCUT2D eigenvalue weighted by Gasteiger charge is -1.81. The molecule has 0 spiro atoms. The molecule has 0 amide bonds. The standard InChI is InChI=1S/C5H6N4S/c1-2-7-5-4(3-6)10-9-8-5/h2-3,6H,1H3. The van der Waals surface area contributed by atoms with Gasteiger partial charge in [-0.25, -0.2) is 4.99 Å². The third kappa shape index (κ3) is 1.24. The molecule has 0 fully saturated rings. The van der Waals surface area contributed by atoms with Gasteiger partial charge in [-0.15, -0.1) is 5.10 Å². The fourth-order valence-corrected chi connectivity index (χ4v) is 0.930. The van der Waals surface area contributed by atoms with E-state index in [0.29, 0.717) is 10.7 Å². The van der Waals surface area contributed by atoms with Crippen LogP contribution in [0.5, 0.6) is 0 Å². The predicted octanol–water partition coefficient (Wildman–Crippen LogP) is 1.26. The molecule has 0 atom stereocenters. The quantitative estimate of drug-likeness (QED) is 0.652. The first-order valence-corrected chi connectivity index (χ1v) is 3.47. The smallest absolute Gasteiger partial charge is 0.195 e. The number of aromatic nitrogens is 2. The van der Waals surface area contributed by atoms with Gasteiger partial charge in [0, 0.05) is 12.4 Å². The molecule has 5 heteroatoms. The zero-order valence-electron chi connectivity index (χ0n) is 5.40. The van der Waals surface area contributed by atoms with Crippen LogP contribution >= 0.6 is 11.5 Å². The zero-order chi connectivity index (χ0) is 7.40. The van der Waals surface area contributed by atoms with Crippen LogP contribution in [-0.2, 0) is 0 Å². The Morgan fingerprint density at radius 3 is 3.10 bits per heavy atom. The Labute approximate surface area is 62.3 Å². The van der Waals surface area contributed by atoms with Crippen LogP contribution in [0.15, 0.2) is 4.99 Å². The largest absolute Gasteiger partial charge is 0.307 e. The van der Waals surface area contributed by atoms with E-state index in [1.165, 1.54) is 17.7 Å². The first-order chi connectivity index (χ1) is 4.88. The molecule has 0 aliphatic heterocycles. The lowest BCUT2D eigenvalue weighted by molar-refractivity contribution is 1.14. The van der Waals surface area contributed by atoms with Crippen molar-refractivity contribution in [1.82, 2.24) is 9.59 Å². The maximum absolute atomic E-state index is 6.91. The van der Waals surface area contributed by atoms with E-state index in [0.717, 1.165) is 0 Å². The van der Waals surface area contributed by atoms with E-state index >= 15 is 0 Å². The van der Waals surface area contributed by atoms with Crippen molar-refractivity contribution >= 4 is 29.8 Å². The molecule has 0 bridgehead atoms. The second-order valence-electron chi connectivity index (χ2n) is 1.49. The summed E-state index contributed by atoms with van der Waals surface area (Å²) in [5, 5.41) is 10.6. The van der Waals surface area contributed by atoms with Crippen molar-refractivity contribution < 1.29 is 0 Å². The van der Waals surface area contributed by atoms with E-state index in [4.69, 9.17) is 5.41 Å². The summed E-state index contributed by atoms with van der Waals surface area (Å²) in [5.41, 5.74) is 0. The van der Waals surface area contributed by atoms with Gasteiger partial charge >= 0.3 is 0 Å². The van der Waals surface area contributed by atoms with Crippen molar-refractivity contribution in [3.63, 3.8) is 0 Å². The molecule has 1 rings (SSSR count). The van der Waals surface area contributed by atoms with Gasteiger partial charge in [0.05, 0.1) is 0 Å². The van der Waals surface area contributed by atoms with Crippen molar-refractivity contribution in [3.8, 4) is 0 Å². The Morgan fingerprint density at radius 1 is 1.70 bits per heavy atom. The van der Waals surface area contributed by atoms with Gasteiger partial charge in [-0.2, -0.15) is 0 Å². The van der Waals surface area contributed by atoms with Crippen LogP contribution in [0.25, 0.3) is 0 Å². The van der Waals surface area contributed by atoms with E-state index < -0.39 is 0 Å². The molecule has 4 nitrogen and oxygen atoms in total. The van der Waals surface area contributed by atoms with Crippen LogP contribution in [0, 0.1) is 5.41 Å². The number of aliphatic imine (C=N–C) groups is 1. The first kappa shape index (κ1) is 7.01. The van der Waals surface area contributed by atoms with Crippen molar-refractivity contribution in [3.05, 3.63) is 4.88 Å². The van der Waals surface area contributed by atoms with E-state index in [1.807, 2.05) is 0 Å². The van der Waals surface area contributed by atoms with Gasteiger partial charge in [-0.1, -0.05) is 4.49 Å². The summed E-state index contributed by atoms with van der Waals surface area (Å²) in [6, 6.07) is 0. The summed E-state index contributed by atoms with van der Waals surface area (Å²) in [7, 11) is 0. The molecule has 0 aliphatic carbocycles. The normalized spacial score (nSPS) is 10.5. The number of hydrogen-bond acceptors (Lipinski definition) is 5. The molecule has 0 aromatic carbocycles. The van der Waals surface area contributed by atoms with Crippen molar-refractivity contribution in [2.45, 2.75) is 6.92 Å². The maximum atomic E-state index is 6.91. The highest BCUT2D eigenvalue weighted by Gasteiger charge is 2.00. The molecular formula is C5H6N4S. The molecule has 0 radical (unpaired) electrons. The number of hydrogen-bond donors (Lipinski definition) is 1. The van der Waals surface area contributed by atoms with E-state index in [1.54, 1.807) is 13.1 Å². The second-order valence-corrected chi connectivity index (χ2v) is 2.28. The molecule has 1 aromatic rings. The fraction of sp³-hybridized carbons (Fsp3) is 0.200. The molecule has 0 saturated heterocycles. The minimum Gasteiger partial charge on any atom is -0.307 e. The van der Waals surface area contributed by atoms with E-state index in [9.17, 15) is 0 Å². The molecule has 1 heterocycles. The lowest BCUT2D eigenvalue weighted by atomic mass is 10.5. The Kier molecular flexibility index (Phi) is 2.22. The summed E-state index contributed by atoms with van der Waals surface area (Å²) in [5.74, 6) is 0.530. The van der Waals surface area contributed by atoms with Gasteiger partial charge in [-0.05, 0) is 18.5 Å². The zero-order valence-corrected chi connectivity index (χ0v) is 6.22. The van der Waals surface area contributed by atoms with Gasteiger partial charge in [-0.3, -0.25) is 0 Å². The Bertz CT molecular complexity index is 252. The molecule has 0 aliphatic rings. The third-order valence-corrected chi connectivity index (χ3v) is 1.54. The number of nitrogens with one attached hydrogen (secondary N) is 1. The van der Waals surface area contributed by atoms with E-state index in [2.05, 4.69) is 14.6 Å². The van der Waals surface area contributed by atoms with Crippen LogP contribution in [0.4, 0.5) is 5.82 Å². The molecule has 1 aromatic heterocycles. The van der Waals surface area contributed by atoms with E-state index in [-0.39, 0.29) is 0 Å². The molecular weight excluding hydrogens is 148 g/mol. The molecule has 10 heavy (non-hydrogen) atoms. The second kappa shape index (κ2) is 3.17. The average Bonchev–Trinajstić information content (AvgIpc) is 2.36. The third-order valence-electron chi connectivity index (χ3n) is 0.878. The SMILES string of the molecule is CC=Nc1nnsc1C=N. The summed E-state index contributed by atoms with van der Waals surface area (Å²) in [6.07, 6.45) is 2.83.